The number of hydrogen-bond acceptors (Lipinski definition) is 2. The van der Waals surface area contributed by atoms with Gasteiger partial charge in [-0.05, 0) is 6.92 Å². The Labute approximate surface area is 47.4 Å². The molecule has 46 valence electrons. The lowest BCUT2D eigenvalue weighted by Crippen LogP contribution is -2.25. The minimum absolute atomic E-state index is 0.361. The van der Waals surface area contributed by atoms with E-state index in [1.807, 2.05) is 0 Å². The molecule has 0 saturated carbocycles. The van der Waals surface area contributed by atoms with Gasteiger partial charge >= 0.3 is 0 Å². The van der Waals surface area contributed by atoms with Crippen LogP contribution in [-0.2, 0) is 4.74 Å². The maximum absolute atomic E-state index is 12.3. The Morgan fingerprint density at radius 2 is 2.62 bits per heavy atom. The smallest absolute Gasteiger partial charge is 0.215 e. The molecule has 0 amide bonds. The molecule has 0 aromatic heterocycles. The zero-order valence-corrected chi connectivity index (χ0v) is 4.67. The van der Waals surface area contributed by atoms with Crippen LogP contribution in [0, 0.1) is 0 Å². The minimum atomic E-state index is -1.15. The van der Waals surface area contributed by atoms with Gasteiger partial charge in [0.2, 0.25) is 6.30 Å². The van der Waals surface area contributed by atoms with Gasteiger partial charge < -0.3 is 4.74 Å². The third-order valence-electron chi connectivity index (χ3n) is 1.07. The molecule has 0 spiro atoms. The maximum Gasteiger partial charge on any atom is 0.215 e. The molecule has 0 aliphatic carbocycles. The summed E-state index contributed by atoms with van der Waals surface area (Å²) in [7, 11) is 0. The lowest BCUT2D eigenvalue weighted by molar-refractivity contribution is 0.0249. The Bertz CT molecular complexity index is 105. The number of halogens is 1. The van der Waals surface area contributed by atoms with Crippen LogP contribution in [0.5, 0.6) is 0 Å². The van der Waals surface area contributed by atoms with E-state index in [0.29, 0.717) is 6.61 Å². The number of nitrogens with zero attached hydrogens (tertiary/aromatic N) is 1. The molecule has 0 N–H and O–H groups in total. The highest BCUT2D eigenvalue weighted by atomic mass is 19.1. The summed E-state index contributed by atoms with van der Waals surface area (Å²) in [6.07, 6.45) is -0.0613. The van der Waals surface area contributed by atoms with Gasteiger partial charge in [0.25, 0.3) is 0 Å². The maximum atomic E-state index is 12.3. The molecular formula is C5H8FNO. The van der Waals surface area contributed by atoms with Gasteiger partial charge in [-0.2, -0.15) is 0 Å². The van der Waals surface area contributed by atoms with Crippen molar-refractivity contribution >= 4 is 6.21 Å². The molecule has 2 nitrogen and oxygen atoms in total. The topological polar surface area (TPSA) is 21.6 Å². The number of ether oxygens (including phenoxy) is 1. The Hall–Kier alpha value is -0.440. The molecule has 8 heavy (non-hydrogen) atoms. The first-order valence-corrected chi connectivity index (χ1v) is 2.58. The SMILES string of the molecule is CC1OCC=NC1F. The van der Waals surface area contributed by atoms with Gasteiger partial charge in [0.15, 0.2) is 0 Å². The fourth-order valence-electron chi connectivity index (χ4n) is 0.539. The Morgan fingerprint density at radius 3 is 3.00 bits per heavy atom. The van der Waals surface area contributed by atoms with Crippen molar-refractivity contribution in [1.29, 1.82) is 0 Å². The van der Waals surface area contributed by atoms with Crippen LogP contribution in [0.3, 0.4) is 0 Å². The van der Waals surface area contributed by atoms with Crippen molar-refractivity contribution in [1.82, 2.24) is 0 Å². The number of rotatable bonds is 0. The van der Waals surface area contributed by atoms with E-state index in [0.717, 1.165) is 0 Å². The van der Waals surface area contributed by atoms with Crippen LogP contribution in [0.1, 0.15) is 6.92 Å². The molecule has 0 aromatic carbocycles. The van der Waals surface area contributed by atoms with E-state index >= 15 is 0 Å². The molecular weight excluding hydrogens is 109 g/mol. The summed E-state index contributed by atoms with van der Waals surface area (Å²) in [5.41, 5.74) is 0. The van der Waals surface area contributed by atoms with Crippen LogP contribution in [0.4, 0.5) is 4.39 Å². The summed E-state index contributed by atoms with van der Waals surface area (Å²) in [5.74, 6) is 0. The number of alkyl halides is 1. The third kappa shape index (κ3) is 1.04. The molecule has 0 fully saturated rings. The quantitative estimate of drug-likeness (QED) is 0.429. The lowest BCUT2D eigenvalue weighted by Gasteiger charge is -2.16. The van der Waals surface area contributed by atoms with Crippen molar-refractivity contribution in [2.45, 2.75) is 19.3 Å². The van der Waals surface area contributed by atoms with Crippen molar-refractivity contribution in [3.63, 3.8) is 0 Å². The first-order chi connectivity index (χ1) is 3.80. The first-order valence-electron chi connectivity index (χ1n) is 2.58. The van der Waals surface area contributed by atoms with Crippen LogP contribution in [0.15, 0.2) is 4.99 Å². The largest absolute Gasteiger partial charge is 0.368 e. The van der Waals surface area contributed by atoms with E-state index in [4.69, 9.17) is 4.74 Å². The molecule has 1 rings (SSSR count). The first kappa shape index (κ1) is 5.69. The molecule has 0 bridgehead atoms. The van der Waals surface area contributed by atoms with Crippen LogP contribution < -0.4 is 0 Å². The van der Waals surface area contributed by atoms with Gasteiger partial charge in [-0.15, -0.1) is 0 Å². The monoisotopic (exact) mass is 117 g/mol. The van der Waals surface area contributed by atoms with Crippen molar-refractivity contribution < 1.29 is 9.13 Å². The molecule has 0 radical (unpaired) electrons. The van der Waals surface area contributed by atoms with Crippen molar-refractivity contribution in [3.05, 3.63) is 0 Å². The Balaban J connectivity index is 2.47. The van der Waals surface area contributed by atoms with Crippen molar-refractivity contribution in [2.24, 2.45) is 4.99 Å². The Kier molecular flexibility index (Phi) is 1.58. The predicted molar refractivity (Wildman–Crippen MR) is 28.8 cm³/mol. The summed E-state index contributed by atoms with van der Waals surface area (Å²) < 4.78 is 17.1. The molecule has 1 aliphatic heterocycles. The van der Waals surface area contributed by atoms with E-state index in [1.54, 1.807) is 6.92 Å². The normalized spacial score (nSPS) is 37.8. The minimum Gasteiger partial charge on any atom is -0.368 e. The second-order valence-corrected chi connectivity index (χ2v) is 1.74. The van der Waals surface area contributed by atoms with Crippen molar-refractivity contribution in [3.8, 4) is 0 Å². The molecule has 1 heterocycles. The second-order valence-electron chi connectivity index (χ2n) is 1.74. The van der Waals surface area contributed by atoms with E-state index in [2.05, 4.69) is 4.99 Å². The molecule has 0 saturated heterocycles. The van der Waals surface area contributed by atoms with E-state index in [9.17, 15) is 4.39 Å². The van der Waals surface area contributed by atoms with E-state index in [-0.39, 0.29) is 6.10 Å². The number of hydrogen-bond donors (Lipinski definition) is 0. The van der Waals surface area contributed by atoms with Gasteiger partial charge in [-0.1, -0.05) is 0 Å². The van der Waals surface area contributed by atoms with Gasteiger partial charge in [0.05, 0.1) is 6.61 Å². The average molecular weight is 117 g/mol. The van der Waals surface area contributed by atoms with E-state index < -0.39 is 6.30 Å². The number of aliphatic imine (C=N–C) groups is 1. The zero-order chi connectivity index (χ0) is 5.98. The summed E-state index contributed by atoms with van der Waals surface area (Å²) >= 11 is 0. The van der Waals surface area contributed by atoms with Crippen LogP contribution in [0.2, 0.25) is 0 Å². The molecule has 1 aliphatic rings. The van der Waals surface area contributed by atoms with Gasteiger partial charge in [-0.25, -0.2) is 4.39 Å². The molecule has 2 unspecified atom stereocenters. The molecule has 0 aromatic rings. The summed E-state index contributed by atoms with van der Waals surface area (Å²) in [6.45, 7) is 2.11. The second kappa shape index (κ2) is 2.22. The fraction of sp³-hybridized carbons (Fsp3) is 0.800. The molecule has 2 atom stereocenters. The van der Waals surface area contributed by atoms with Gasteiger partial charge in [0.1, 0.15) is 6.10 Å². The average Bonchev–Trinajstić information content (AvgIpc) is 1.77. The summed E-state index contributed by atoms with van der Waals surface area (Å²) in [5, 5.41) is 0. The van der Waals surface area contributed by atoms with Gasteiger partial charge in [-0.3, -0.25) is 4.99 Å². The van der Waals surface area contributed by atoms with Crippen LogP contribution >= 0.6 is 0 Å². The van der Waals surface area contributed by atoms with Gasteiger partial charge in [0, 0.05) is 6.21 Å². The van der Waals surface area contributed by atoms with Crippen LogP contribution in [0.25, 0.3) is 0 Å². The predicted octanol–water partition coefficient (Wildman–Crippen LogP) is 0.771. The highest BCUT2D eigenvalue weighted by Gasteiger charge is 2.16. The molecule has 3 heteroatoms. The van der Waals surface area contributed by atoms with E-state index in [1.165, 1.54) is 6.21 Å². The Morgan fingerprint density at radius 1 is 1.88 bits per heavy atom. The van der Waals surface area contributed by atoms with Crippen LogP contribution in [-0.4, -0.2) is 25.2 Å². The summed E-state index contributed by atoms with van der Waals surface area (Å²) in [4.78, 5) is 3.49. The fourth-order valence-corrected chi connectivity index (χ4v) is 0.539. The van der Waals surface area contributed by atoms with Crippen molar-refractivity contribution in [2.75, 3.05) is 6.61 Å². The standard InChI is InChI=1S/C5H8FNO/c1-4-5(6)7-2-3-8-4/h2,4-5H,3H2,1H3. The highest BCUT2D eigenvalue weighted by Crippen LogP contribution is 2.06. The highest BCUT2D eigenvalue weighted by molar-refractivity contribution is 5.59. The third-order valence-corrected chi connectivity index (χ3v) is 1.07. The lowest BCUT2D eigenvalue weighted by atomic mass is 10.3. The summed E-state index contributed by atoms with van der Waals surface area (Å²) in [6, 6.07) is 0. The zero-order valence-electron chi connectivity index (χ0n) is 4.67.